The van der Waals surface area contributed by atoms with Gasteiger partial charge in [-0.05, 0) is 54.7 Å². The van der Waals surface area contributed by atoms with Gasteiger partial charge in [-0.2, -0.15) is 5.10 Å². The number of aryl methyl sites for hydroxylation is 2. The summed E-state index contributed by atoms with van der Waals surface area (Å²) < 4.78 is 6.02. The van der Waals surface area contributed by atoms with Gasteiger partial charge < -0.3 is 9.73 Å². The maximum atomic E-state index is 13.1. The second kappa shape index (κ2) is 9.58. The molecule has 1 heterocycles. The molecular formula is C29H27N3O3. The van der Waals surface area contributed by atoms with Gasteiger partial charge in [-0.1, -0.05) is 61.5 Å². The number of furan rings is 1. The fourth-order valence-corrected chi connectivity index (χ4v) is 4.73. The second-order valence-corrected chi connectivity index (χ2v) is 8.70. The lowest BCUT2D eigenvalue weighted by molar-refractivity contribution is 0.0955. The van der Waals surface area contributed by atoms with Crippen LogP contribution in [0, 0.1) is 6.92 Å². The quantitative estimate of drug-likeness (QED) is 0.353. The van der Waals surface area contributed by atoms with Crippen LogP contribution in [0.15, 0.2) is 76.2 Å². The van der Waals surface area contributed by atoms with Crippen molar-refractivity contribution in [1.82, 2.24) is 5.43 Å². The van der Waals surface area contributed by atoms with E-state index in [4.69, 9.17) is 4.42 Å². The van der Waals surface area contributed by atoms with Gasteiger partial charge in [0.1, 0.15) is 5.76 Å². The van der Waals surface area contributed by atoms with E-state index in [-0.39, 0.29) is 17.6 Å². The van der Waals surface area contributed by atoms with Gasteiger partial charge in [-0.15, -0.1) is 0 Å². The van der Waals surface area contributed by atoms with Crippen molar-refractivity contribution in [1.29, 1.82) is 0 Å². The topological polar surface area (TPSA) is 83.7 Å². The number of rotatable bonds is 5. The van der Waals surface area contributed by atoms with Crippen molar-refractivity contribution in [2.24, 2.45) is 5.10 Å². The normalized spacial score (nSPS) is 14.1. The Morgan fingerprint density at radius 2 is 1.71 bits per heavy atom. The Morgan fingerprint density at radius 3 is 2.57 bits per heavy atom. The zero-order chi connectivity index (χ0) is 24.4. The first-order valence-corrected chi connectivity index (χ1v) is 11.9. The number of hydrogen-bond acceptors (Lipinski definition) is 4. The SMILES string of the molecule is CCc1ccccc1NC(=O)c1oc2c(c1C)/C(=N/NC(=O)c1cccc3ccccc13)CCC2. The van der Waals surface area contributed by atoms with Gasteiger partial charge in [0, 0.05) is 28.8 Å². The number of carbonyl (C=O) groups is 2. The highest BCUT2D eigenvalue weighted by Crippen LogP contribution is 2.31. The van der Waals surface area contributed by atoms with Crippen LogP contribution >= 0.6 is 0 Å². The number of nitrogens with zero attached hydrogens (tertiary/aromatic N) is 1. The standard InChI is InChI=1S/C29H27N3O3/c1-3-19-10-5-7-15-23(19)30-29(34)27-18(2)26-24(16-9-17-25(26)35-27)31-32-28(33)22-14-8-12-20-11-4-6-13-21(20)22/h4-8,10-15H,3,9,16-17H2,1-2H3,(H,30,34)(H,32,33)/b31-24+. The van der Waals surface area contributed by atoms with Gasteiger partial charge in [0.25, 0.3) is 11.8 Å². The molecule has 3 aromatic carbocycles. The van der Waals surface area contributed by atoms with Crippen LogP contribution in [0.3, 0.4) is 0 Å². The molecule has 2 amide bonds. The zero-order valence-corrected chi connectivity index (χ0v) is 19.9. The minimum Gasteiger partial charge on any atom is -0.455 e. The summed E-state index contributed by atoms with van der Waals surface area (Å²) in [7, 11) is 0. The lowest BCUT2D eigenvalue weighted by Gasteiger charge is -2.13. The molecule has 0 fully saturated rings. The van der Waals surface area contributed by atoms with E-state index in [9.17, 15) is 9.59 Å². The number of para-hydroxylation sites is 1. The van der Waals surface area contributed by atoms with Crippen LogP contribution in [0.25, 0.3) is 10.8 Å². The molecule has 0 spiro atoms. The van der Waals surface area contributed by atoms with Crippen molar-refractivity contribution < 1.29 is 14.0 Å². The van der Waals surface area contributed by atoms with E-state index in [1.165, 1.54) is 0 Å². The second-order valence-electron chi connectivity index (χ2n) is 8.70. The number of nitrogens with one attached hydrogen (secondary N) is 2. The Kier molecular flexibility index (Phi) is 6.19. The number of benzene rings is 3. The molecule has 35 heavy (non-hydrogen) atoms. The largest absolute Gasteiger partial charge is 0.455 e. The van der Waals surface area contributed by atoms with Gasteiger partial charge in [0.15, 0.2) is 5.76 Å². The molecule has 0 radical (unpaired) electrons. The van der Waals surface area contributed by atoms with Crippen molar-refractivity contribution >= 4 is 34.0 Å². The Hall–Kier alpha value is -4.19. The maximum absolute atomic E-state index is 13.1. The molecule has 2 N–H and O–H groups in total. The van der Waals surface area contributed by atoms with Gasteiger partial charge in [0.05, 0.1) is 5.71 Å². The van der Waals surface area contributed by atoms with Crippen LogP contribution in [0.1, 0.15) is 63.1 Å². The van der Waals surface area contributed by atoms with Crippen molar-refractivity contribution in [3.05, 3.63) is 101 Å². The average molecular weight is 466 g/mol. The summed E-state index contributed by atoms with van der Waals surface area (Å²) >= 11 is 0. The smallest absolute Gasteiger partial charge is 0.291 e. The monoisotopic (exact) mass is 465 g/mol. The summed E-state index contributed by atoms with van der Waals surface area (Å²) in [5, 5.41) is 9.34. The first-order valence-electron chi connectivity index (χ1n) is 11.9. The first kappa shape index (κ1) is 22.6. The van der Waals surface area contributed by atoms with E-state index >= 15 is 0 Å². The van der Waals surface area contributed by atoms with Crippen molar-refractivity contribution in [3.63, 3.8) is 0 Å². The fraction of sp³-hybridized carbons (Fsp3) is 0.207. The Balaban J connectivity index is 1.41. The van der Waals surface area contributed by atoms with E-state index in [0.29, 0.717) is 12.0 Å². The summed E-state index contributed by atoms with van der Waals surface area (Å²) in [6.07, 6.45) is 3.08. The molecule has 0 saturated heterocycles. The summed E-state index contributed by atoms with van der Waals surface area (Å²) in [4.78, 5) is 26.1. The third-order valence-electron chi connectivity index (χ3n) is 6.51. The zero-order valence-electron chi connectivity index (χ0n) is 19.9. The molecule has 1 aliphatic carbocycles. The predicted octanol–water partition coefficient (Wildman–Crippen LogP) is 6.03. The van der Waals surface area contributed by atoms with Crippen LogP contribution in [0.2, 0.25) is 0 Å². The number of carbonyl (C=O) groups excluding carboxylic acids is 2. The molecule has 0 saturated carbocycles. The predicted molar refractivity (Wildman–Crippen MR) is 138 cm³/mol. The third-order valence-corrected chi connectivity index (χ3v) is 6.51. The fourth-order valence-electron chi connectivity index (χ4n) is 4.73. The number of anilines is 1. The summed E-state index contributed by atoms with van der Waals surface area (Å²) in [6, 6.07) is 21.2. The third kappa shape index (κ3) is 4.35. The molecule has 0 bridgehead atoms. The highest BCUT2D eigenvalue weighted by molar-refractivity contribution is 6.11. The summed E-state index contributed by atoms with van der Waals surface area (Å²) in [5.41, 5.74) is 7.44. The Labute approximate surface area is 204 Å². The molecule has 5 rings (SSSR count). The number of hydrogen-bond donors (Lipinski definition) is 2. The molecule has 0 unspecified atom stereocenters. The van der Waals surface area contributed by atoms with Crippen LogP contribution in [-0.4, -0.2) is 17.5 Å². The van der Waals surface area contributed by atoms with Crippen LogP contribution in [-0.2, 0) is 12.8 Å². The molecule has 6 nitrogen and oxygen atoms in total. The Morgan fingerprint density at radius 1 is 0.943 bits per heavy atom. The van der Waals surface area contributed by atoms with Crippen LogP contribution < -0.4 is 10.7 Å². The molecular weight excluding hydrogens is 438 g/mol. The van der Waals surface area contributed by atoms with Gasteiger partial charge >= 0.3 is 0 Å². The lowest BCUT2D eigenvalue weighted by Crippen LogP contribution is -2.22. The van der Waals surface area contributed by atoms with Gasteiger partial charge in [0.2, 0.25) is 0 Å². The van der Waals surface area contributed by atoms with E-state index in [0.717, 1.165) is 63.9 Å². The van der Waals surface area contributed by atoms with E-state index in [1.54, 1.807) is 6.07 Å². The van der Waals surface area contributed by atoms with Crippen LogP contribution in [0.4, 0.5) is 5.69 Å². The van der Waals surface area contributed by atoms with Crippen LogP contribution in [0.5, 0.6) is 0 Å². The van der Waals surface area contributed by atoms with Crippen molar-refractivity contribution in [2.45, 2.75) is 39.5 Å². The van der Waals surface area contributed by atoms with Crippen molar-refractivity contribution in [3.8, 4) is 0 Å². The molecule has 0 atom stereocenters. The number of fused-ring (bicyclic) bond motifs is 2. The van der Waals surface area contributed by atoms with E-state index in [1.807, 2.05) is 67.6 Å². The number of hydrazone groups is 1. The average Bonchev–Trinajstić information content (AvgIpc) is 3.24. The Bertz CT molecular complexity index is 1460. The van der Waals surface area contributed by atoms with Crippen molar-refractivity contribution in [2.75, 3.05) is 5.32 Å². The molecule has 6 heteroatoms. The maximum Gasteiger partial charge on any atom is 0.291 e. The van der Waals surface area contributed by atoms with Gasteiger partial charge in [-0.25, -0.2) is 5.43 Å². The molecule has 176 valence electrons. The molecule has 4 aromatic rings. The summed E-state index contributed by atoms with van der Waals surface area (Å²) in [6.45, 7) is 3.92. The minimum absolute atomic E-state index is 0.267. The minimum atomic E-state index is -0.281. The van der Waals surface area contributed by atoms with Gasteiger partial charge in [-0.3, -0.25) is 9.59 Å². The highest BCUT2D eigenvalue weighted by Gasteiger charge is 2.28. The van der Waals surface area contributed by atoms with E-state index < -0.39 is 0 Å². The van der Waals surface area contributed by atoms with E-state index in [2.05, 4.69) is 22.8 Å². The molecule has 1 aromatic heterocycles. The first-order chi connectivity index (χ1) is 17.1. The summed E-state index contributed by atoms with van der Waals surface area (Å²) in [5.74, 6) is 0.477. The lowest BCUT2D eigenvalue weighted by atomic mass is 9.93. The molecule has 0 aliphatic heterocycles. The molecule has 1 aliphatic rings. The highest BCUT2D eigenvalue weighted by atomic mass is 16.4. The number of amides is 2.